The molecule has 0 bridgehead atoms. The number of nitro groups is 1. The minimum Gasteiger partial charge on any atom is -0.390 e. The molecular weight excluding hydrogens is 298 g/mol. The molecule has 1 aliphatic rings. The molecule has 2 N–H and O–H groups in total. The van der Waals surface area contributed by atoms with Crippen LogP contribution in [0.5, 0.6) is 0 Å². The molecule has 0 amide bonds. The summed E-state index contributed by atoms with van der Waals surface area (Å²) in [7, 11) is -2.54. The molecule has 0 aliphatic carbocycles. The van der Waals surface area contributed by atoms with Crippen LogP contribution in [0.15, 0.2) is 23.1 Å². The molecule has 0 spiro atoms. The van der Waals surface area contributed by atoms with E-state index in [2.05, 4.69) is 5.32 Å². The van der Waals surface area contributed by atoms with E-state index in [1.165, 1.54) is 19.2 Å². The van der Waals surface area contributed by atoms with E-state index in [9.17, 15) is 23.6 Å². The lowest BCUT2D eigenvalue weighted by Gasteiger charge is -2.26. The van der Waals surface area contributed by atoms with Gasteiger partial charge in [0, 0.05) is 32.3 Å². The first-order chi connectivity index (χ1) is 9.75. The van der Waals surface area contributed by atoms with Crippen molar-refractivity contribution in [1.82, 2.24) is 9.62 Å². The second-order valence-electron chi connectivity index (χ2n) is 5.02. The highest BCUT2D eigenvalue weighted by Crippen LogP contribution is 2.26. The Morgan fingerprint density at radius 2 is 2.10 bits per heavy atom. The Labute approximate surface area is 122 Å². The monoisotopic (exact) mass is 315 g/mol. The highest BCUT2D eigenvalue weighted by atomic mass is 32.2. The highest BCUT2D eigenvalue weighted by Gasteiger charge is 2.36. The number of sulfonamides is 1. The minimum atomic E-state index is -3.91. The van der Waals surface area contributed by atoms with Crippen LogP contribution in [0.1, 0.15) is 5.56 Å². The zero-order valence-corrected chi connectivity index (χ0v) is 12.5. The topological polar surface area (TPSA) is 113 Å². The number of aliphatic hydroxyl groups is 1. The van der Waals surface area contributed by atoms with Crippen molar-refractivity contribution in [2.45, 2.75) is 24.0 Å². The van der Waals surface area contributed by atoms with Gasteiger partial charge in [-0.25, -0.2) is 8.42 Å². The molecule has 0 radical (unpaired) electrons. The van der Waals surface area contributed by atoms with Gasteiger partial charge >= 0.3 is 0 Å². The summed E-state index contributed by atoms with van der Waals surface area (Å²) in [6, 6.07) is 3.13. The normalized spacial score (nSPS) is 22.7. The molecule has 0 unspecified atom stereocenters. The molecule has 21 heavy (non-hydrogen) atoms. The van der Waals surface area contributed by atoms with Gasteiger partial charge in [0.05, 0.1) is 22.0 Å². The fourth-order valence-corrected chi connectivity index (χ4v) is 3.96. The van der Waals surface area contributed by atoms with E-state index in [1.54, 1.807) is 6.92 Å². The molecule has 0 aromatic heterocycles. The van der Waals surface area contributed by atoms with Crippen LogP contribution < -0.4 is 5.32 Å². The van der Waals surface area contributed by atoms with Gasteiger partial charge in [-0.15, -0.1) is 0 Å². The van der Waals surface area contributed by atoms with Crippen molar-refractivity contribution in [2.75, 3.05) is 20.1 Å². The minimum absolute atomic E-state index is 0.113. The zero-order chi connectivity index (χ0) is 15.8. The van der Waals surface area contributed by atoms with Crippen LogP contribution in [0.2, 0.25) is 0 Å². The van der Waals surface area contributed by atoms with Gasteiger partial charge < -0.3 is 10.4 Å². The zero-order valence-electron chi connectivity index (χ0n) is 11.7. The van der Waals surface area contributed by atoms with Crippen molar-refractivity contribution in [1.29, 1.82) is 0 Å². The molecule has 116 valence electrons. The number of β-amino-alcohol motifs (C(OH)–C–C–N with tert-alkyl or cyclic N) is 1. The molecule has 1 aromatic rings. The summed E-state index contributed by atoms with van der Waals surface area (Å²) in [5.41, 5.74) is 0.144. The lowest BCUT2D eigenvalue weighted by atomic mass is 10.2. The summed E-state index contributed by atoms with van der Waals surface area (Å²) in [4.78, 5) is 10.1. The molecule has 0 saturated carbocycles. The van der Waals surface area contributed by atoms with E-state index in [0.717, 1.165) is 10.4 Å². The number of aliphatic hydroxyl groups excluding tert-OH is 1. The summed E-state index contributed by atoms with van der Waals surface area (Å²) in [5, 5.41) is 23.5. The maximum Gasteiger partial charge on any atom is 0.270 e. The Morgan fingerprint density at radius 1 is 1.43 bits per heavy atom. The number of non-ortho nitro benzene ring substituents is 1. The largest absolute Gasteiger partial charge is 0.390 e. The van der Waals surface area contributed by atoms with Crippen LogP contribution in [0.4, 0.5) is 5.69 Å². The standard InChI is InChI=1S/C12H17N3O5S/c1-8-3-4-9(15(17)18)5-12(8)21(19,20)14(2)10-6-13-7-11(10)16/h3-5,10-11,13,16H,6-7H2,1-2H3/t10-,11-/m1/s1. The molecule has 2 rings (SSSR count). The average molecular weight is 315 g/mol. The first-order valence-corrected chi connectivity index (χ1v) is 7.81. The SMILES string of the molecule is Cc1ccc([N+](=O)[O-])cc1S(=O)(=O)N(C)[C@@H]1CNC[C@H]1O. The van der Waals surface area contributed by atoms with Gasteiger partial charge in [0.2, 0.25) is 10.0 Å². The summed E-state index contributed by atoms with van der Waals surface area (Å²) in [6.45, 7) is 2.23. The Hall–Kier alpha value is -1.55. The number of hydrogen-bond donors (Lipinski definition) is 2. The van der Waals surface area contributed by atoms with Crippen molar-refractivity contribution < 1.29 is 18.4 Å². The van der Waals surface area contributed by atoms with Gasteiger partial charge in [-0.05, 0) is 12.5 Å². The summed E-state index contributed by atoms with van der Waals surface area (Å²) < 4.78 is 26.3. The second kappa shape index (κ2) is 5.68. The maximum absolute atomic E-state index is 12.6. The lowest BCUT2D eigenvalue weighted by Crippen LogP contribution is -2.44. The van der Waals surface area contributed by atoms with Crippen molar-refractivity contribution in [3.8, 4) is 0 Å². The summed E-state index contributed by atoms with van der Waals surface area (Å²) in [5.74, 6) is 0. The van der Waals surface area contributed by atoms with Gasteiger partial charge in [0.15, 0.2) is 0 Å². The highest BCUT2D eigenvalue weighted by molar-refractivity contribution is 7.89. The quantitative estimate of drug-likeness (QED) is 0.590. The Morgan fingerprint density at radius 3 is 2.62 bits per heavy atom. The first kappa shape index (κ1) is 15.8. The van der Waals surface area contributed by atoms with Crippen molar-refractivity contribution in [3.05, 3.63) is 33.9 Å². The molecule has 9 heteroatoms. The third kappa shape index (κ3) is 2.91. The van der Waals surface area contributed by atoms with Gasteiger partial charge in [0.25, 0.3) is 5.69 Å². The Bertz CT molecular complexity index is 661. The van der Waals surface area contributed by atoms with Crippen molar-refractivity contribution in [2.24, 2.45) is 0 Å². The lowest BCUT2D eigenvalue weighted by molar-refractivity contribution is -0.385. The fourth-order valence-electron chi connectivity index (χ4n) is 2.34. The molecule has 2 atom stereocenters. The van der Waals surface area contributed by atoms with Gasteiger partial charge in [-0.2, -0.15) is 4.31 Å². The number of rotatable bonds is 4. The number of nitrogens with zero attached hydrogens (tertiary/aromatic N) is 2. The number of aryl methyl sites for hydroxylation is 1. The van der Waals surface area contributed by atoms with Crippen LogP contribution in [-0.2, 0) is 10.0 Å². The van der Waals surface area contributed by atoms with E-state index >= 15 is 0 Å². The van der Waals surface area contributed by atoms with Gasteiger partial charge in [-0.3, -0.25) is 10.1 Å². The van der Waals surface area contributed by atoms with E-state index in [1.807, 2.05) is 0 Å². The van der Waals surface area contributed by atoms with Crippen LogP contribution >= 0.6 is 0 Å². The number of likely N-dealkylation sites (N-methyl/N-ethyl adjacent to an activating group) is 1. The third-order valence-corrected chi connectivity index (χ3v) is 5.68. The van der Waals surface area contributed by atoms with E-state index < -0.39 is 27.1 Å². The van der Waals surface area contributed by atoms with Crippen LogP contribution in [0.25, 0.3) is 0 Å². The van der Waals surface area contributed by atoms with Crippen LogP contribution in [0, 0.1) is 17.0 Å². The number of benzene rings is 1. The van der Waals surface area contributed by atoms with E-state index in [0.29, 0.717) is 18.7 Å². The summed E-state index contributed by atoms with van der Waals surface area (Å²) >= 11 is 0. The molecule has 1 aromatic carbocycles. The van der Waals surface area contributed by atoms with Crippen molar-refractivity contribution >= 4 is 15.7 Å². The second-order valence-corrected chi connectivity index (χ2v) is 6.99. The molecule has 1 saturated heterocycles. The van der Waals surface area contributed by atoms with E-state index in [-0.39, 0.29) is 10.6 Å². The predicted molar refractivity (Wildman–Crippen MR) is 75.4 cm³/mol. The van der Waals surface area contributed by atoms with Crippen LogP contribution in [0.3, 0.4) is 0 Å². The molecular formula is C12H17N3O5S. The van der Waals surface area contributed by atoms with Gasteiger partial charge in [-0.1, -0.05) is 6.07 Å². The van der Waals surface area contributed by atoms with Crippen molar-refractivity contribution in [3.63, 3.8) is 0 Å². The first-order valence-electron chi connectivity index (χ1n) is 6.37. The summed E-state index contributed by atoms with van der Waals surface area (Å²) in [6.07, 6.45) is -0.802. The molecule has 1 heterocycles. The molecule has 8 nitrogen and oxygen atoms in total. The average Bonchev–Trinajstić information content (AvgIpc) is 2.83. The number of nitro benzene ring substituents is 1. The fraction of sp³-hybridized carbons (Fsp3) is 0.500. The Balaban J connectivity index is 2.43. The number of nitrogens with one attached hydrogen (secondary N) is 1. The predicted octanol–water partition coefficient (Wildman–Crippen LogP) is -0.144. The maximum atomic E-state index is 12.6. The molecule has 1 fully saturated rings. The molecule has 1 aliphatic heterocycles. The third-order valence-electron chi connectivity index (χ3n) is 3.66. The van der Waals surface area contributed by atoms with Crippen LogP contribution in [-0.4, -0.2) is 55.0 Å². The Kier molecular flexibility index (Phi) is 4.28. The number of hydrogen-bond acceptors (Lipinski definition) is 6. The van der Waals surface area contributed by atoms with Gasteiger partial charge in [0.1, 0.15) is 0 Å². The van der Waals surface area contributed by atoms with E-state index in [4.69, 9.17) is 0 Å². The smallest absolute Gasteiger partial charge is 0.270 e.